The zero-order valence-corrected chi connectivity index (χ0v) is 24.9. The van der Waals surface area contributed by atoms with Crippen LogP contribution in [0.25, 0.3) is 0 Å². The van der Waals surface area contributed by atoms with Crippen LogP contribution in [0, 0.1) is 11.8 Å². The van der Waals surface area contributed by atoms with Gasteiger partial charge < -0.3 is 34.4 Å². The second kappa shape index (κ2) is 13.0. The minimum atomic E-state index is -1.34. The van der Waals surface area contributed by atoms with E-state index < -0.39 is 47.7 Å². The summed E-state index contributed by atoms with van der Waals surface area (Å²) in [4.78, 5) is 58.7. The Hall–Kier alpha value is -3.54. The van der Waals surface area contributed by atoms with Gasteiger partial charge in [-0.2, -0.15) is 0 Å². The molecule has 11 nitrogen and oxygen atoms in total. The predicted octanol–water partition coefficient (Wildman–Crippen LogP) is 1.52. The Morgan fingerprint density at radius 3 is 2.58 bits per heavy atom. The molecular weight excluding hydrogens is 554 g/mol. The molecule has 1 aromatic carbocycles. The van der Waals surface area contributed by atoms with Gasteiger partial charge >= 0.3 is 5.97 Å². The number of methoxy groups -OCH3 is 1. The number of hydrogen-bond donors (Lipinski definition) is 2. The zero-order valence-electron chi connectivity index (χ0n) is 24.9. The number of fused-ring (bicyclic) bond motifs is 2. The molecule has 3 amide bonds. The molecule has 0 aliphatic carbocycles. The Morgan fingerprint density at radius 1 is 1.12 bits per heavy atom. The van der Waals surface area contributed by atoms with E-state index in [0.717, 1.165) is 0 Å². The molecule has 4 heterocycles. The van der Waals surface area contributed by atoms with E-state index in [1.54, 1.807) is 17.1 Å². The Bertz CT molecular complexity index is 1270. The van der Waals surface area contributed by atoms with Crippen LogP contribution in [0.2, 0.25) is 0 Å². The van der Waals surface area contributed by atoms with E-state index in [1.165, 1.54) is 12.0 Å². The van der Waals surface area contributed by atoms with Crippen molar-refractivity contribution in [1.29, 1.82) is 0 Å². The summed E-state index contributed by atoms with van der Waals surface area (Å²) < 4.78 is 18.1. The maximum atomic E-state index is 14.3. The van der Waals surface area contributed by atoms with E-state index in [-0.39, 0.29) is 62.9 Å². The molecule has 0 radical (unpaired) electrons. The van der Waals surface area contributed by atoms with Crippen LogP contribution in [0.5, 0.6) is 0 Å². The van der Waals surface area contributed by atoms with Crippen molar-refractivity contribution >= 4 is 23.7 Å². The number of carbonyl (C=O) groups is 4. The lowest BCUT2D eigenvalue weighted by Gasteiger charge is -2.37. The number of ether oxygens (including phenoxy) is 3. The van der Waals surface area contributed by atoms with Gasteiger partial charge in [0.25, 0.3) is 0 Å². The second-order valence-corrected chi connectivity index (χ2v) is 11.8. The summed E-state index contributed by atoms with van der Waals surface area (Å²) in [7, 11) is 1.51. The Morgan fingerprint density at radius 2 is 1.88 bits per heavy atom. The molecule has 43 heavy (non-hydrogen) atoms. The molecule has 5 rings (SSSR count). The third-order valence-electron chi connectivity index (χ3n) is 8.78. The van der Waals surface area contributed by atoms with Gasteiger partial charge in [-0.3, -0.25) is 19.2 Å². The number of amides is 3. The summed E-state index contributed by atoms with van der Waals surface area (Å²) in [6.07, 6.45) is 6.46. The second-order valence-electron chi connectivity index (χ2n) is 11.8. The number of aliphatic hydroxyl groups is 1. The number of hydrogen-bond acceptors (Lipinski definition) is 8. The Labute approximate surface area is 251 Å². The first-order valence-electron chi connectivity index (χ1n) is 15.0. The van der Waals surface area contributed by atoms with E-state index in [1.807, 2.05) is 56.3 Å². The molecule has 2 N–H and O–H groups in total. The standard InChI is InChI=1S/C32H41N3O8/c1-20(2)34-16-9-5-8-13-24(37)33-22(19-41-3)27(21-11-6-4-7-12-21)42-31(40)25-23-14-15-32(43-23)26(25)29(38)35(17-10-18-36)28(32)30(34)39/h4-7,9,11-12,14-15,20,22-23,25-28,36H,8,10,13,16-19H2,1-3H3,(H,33,37)/b9-5-/t22-,23+,25-,26-,27-,28+,32-/m1/s1. The maximum Gasteiger partial charge on any atom is 0.313 e. The normalized spacial score (nSPS) is 33.6. The topological polar surface area (TPSA) is 135 Å². The summed E-state index contributed by atoms with van der Waals surface area (Å²) in [6, 6.07) is 7.20. The smallest absolute Gasteiger partial charge is 0.313 e. The molecule has 4 aliphatic rings. The van der Waals surface area contributed by atoms with Gasteiger partial charge in [-0.25, -0.2) is 0 Å². The lowest BCUT2D eigenvalue weighted by molar-refractivity contribution is -0.162. The van der Waals surface area contributed by atoms with Crippen LogP contribution in [-0.4, -0.2) is 102 Å². The quantitative estimate of drug-likeness (QED) is 0.358. The van der Waals surface area contributed by atoms with Crippen molar-refractivity contribution < 1.29 is 38.5 Å². The van der Waals surface area contributed by atoms with Crippen LogP contribution >= 0.6 is 0 Å². The molecule has 0 saturated carbocycles. The molecule has 11 heteroatoms. The number of esters is 1. The van der Waals surface area contributed by atoms with Crippen molar-refractivity contribution in [3.8, 4) is 0 Å². The number of likely N-dealkylation sites (tertiary alicyclic amines) is 1. The summed E-state index contributed by atoms with van der Waals surface area (Å²) in [5.74, 6) is -3.53. The summed E-state index contributed by atoms with van der Waals surface area (Å²) in [5, 5.41) is 12.6. The van der Waals surface area contributed by atoms with Gasteiger partial charge in [0.1, 0.15) is 23.7 Å². The highest BCUT2D eigenvalue weighted by atomic mass is 16.6. The van der Waals surface area contributed by atoms with Crippen molar-refractivity contribution in [3.05, 3.63) is 60.2 Å². The fraction of sp³-hybridized carbons (Fsp3) is 0.562. The molecule has 2 fully saturated rings. The van der Waals surface area contributed by atoms with Crippen LogP contribution in [-0.2, 0) is 33.4 Å². The largest absolute Gasteiger partial charge is 0.455 e. The molecule has 5 bridgehead atoms. The highest BCUT2D eigenvalue weighted by Gasteiger charge is 2.73. The number of cyclic esters (lactones) is 1. The molecule has 0 unspecified atom stereocenters. The molecule has 1 aromatic rings. The Balaban J connectivity index is 1.59. The van der Waals surface area contributed by atoms with E-state index >= 15 is 0 Å². The van der Waals surface area contributed by atoms with Gasteiger partial charge in [-0.1, -0.05) is 54.6 Å². The van der Waals surface area contributed by atoms with Crippen LogP contribution in [0.15, 0.2) is 54.6 Å². The fourth-order valence-corrected chi connectivity index (χ4v) is 6.82. The number of nitrogens with zero attached hydrogens (tertiary/aromatic N) is 2. The first kappa shape index (κ1) is 30.9. The number of allylic oxidation sites excluding steroid dienone is 1. The lowest BCUT2D eigenvalue weighted by Crippen LogP contribution is -2.57. The SMILES string of the molecule is COC[C@H]1NC(=O)CC/C=C\CN(C(C)C)C(=O)[C@@H]2N(CCCO)C(=O)[C@H]3[C@H](C(=O)O[C@@H]1c1ccccc1)[C@@H]1C=C[C@]23O1. The van der Waals surface area contributed by atoms with Gasteiger partial charge in [-0.05, 0) is 32.3 Å². The lowest BCUT2D eigenvalue weighted by atomic mass is 9.74. The van der Waals surface area contributed by atoms with Crippen molar-refractivity contribution in [2.75, 3.05) is 33.4 Å². The Kier molecular flexibility index (Phi) is 9.33. The zero-order chi connectivity index (χ0) is 30.7. The van der Waals surface area contributed by atoms with Gasteiger partial charge in [0.15, 0.2) is 0 Å². The molecule has 232 valence electrons. The number of benzene rings is 1. The summed E-state index contributed by atoms with van der Waals surface area (Å²) in [5.41, 5.74) is -0.682. The van der Waals surface area contributed by atoms with Crippen LogP contribution in [0.3, 0.4) is 0 Å². The summed E-state index contributed by atoms with van der Waals surface area (Å²) >= 11 is 0. The average molecular weight is 596 g/mol. The minimum Gasteiger partial charge on any atom is -0.455 e. The van der Waals surface area contributed by atoms with Gasteiger partial charge in [0.05, 0.1) is 24.7 Å². The van der Waals surface area contributed by atoms with Crippen molar-refractivity contribution in [2.24, 2.45) is 11.8 Å². The molecule has 4 aliphatic heterocycles. The van der Waals surface area contributed by atoms with Crippen molar-refractivity contribution in [1.82, 2.24) is 15.1 Å². The monoisotopic (exact) mass is 595 g/mol. The van der Waals surface area contributed by atoms with Gasteiger partial charge in [-0.15, -0.1) is 0 Å². The number of rotatable bonds is 7. The number of nitrogens with one attached hydrogen (secondary N) is 1. The van der Waals surface area contributed by atoms with E-state index in [2.05, 4.69) is 5.32 Å². The number of aliphatic hydroxyl groups excluding tert-OH is 1. The fourth-order valence-electron chi connectivity index (χ4n) is 6.82. The molecule has 2 saturated heterocycles. The highest BCUT2D eigenvalue weighted by Crippen LogP contribution is 2.56. The van der Waals surface area contributed by atoms with E-state index in [9.17, 15) is 24.3 Å². The van der Waals surface area contributed by atoms with E-state index in [4.69, 9.17) is 14.2 Å². The third kappa shape index (κ3) is 5.73. The third-order valence-corrected chi connectivity index (χ3v) is 8.78. The molecule has 0 aromatic heterocycles. The first-order chi connectivity index (χ1) is 20.7. The molecule has 1 spiro atoms. The van der Waals surface area contributed by atoms with E-state index in [0.29, 0.717) is 12.0 Å². The maximum absolute atomic E-state index is 14.3. The predicted molar refractivity (Wildman–Crippen MR) is 155 cm³/mol. The molecular formula is C32H41N3O8. The van der Waals surface area contributed by atoms with Crippen molar-refractivity contribution in [2.45, 2.75) is 69.0 Å². The van der Waals surface area contributed by atoms with Gasteiger partial charge in [0.2, 0.25) is 17.7 Å². The molecule has 7 atom stereocenters. The first-order valence-corrected chi connectivity index (χ1v) is 15.0. The van der Waals surface area contributed by atoms with Gasteiger partial charge in [0, 0.05) is 39.3 Å². The minimum absolute atomic E-state index is 0.0834. The van der Waals surface area contributed by atoms with Crippen LogP contribution in [0.1, 0.15) is 44.8 Å². The number of carbonyl (C=O) groups excluding carboxylic acids is 4. The highest BCUT2D eigenvalue weighted by molar-refractivity contribution is 5.99. The van der Waals surface area contributed by atoms with Crippen LogP contribution < -0.4 is 5.32 Å². The van der Waals surface area contributed by atoms with Crippen LogP contribution in [0.4, 0.5) is 0 Å². The van der Waals surface area contributed by atoms with Crippen molar-refractivity contribution in [3.63, 3.8) is 0 Å². The summed E-state index contributed by atoms with van der Waals surface area (Å²) in [6.45, 7) is 4.14. The average Bonchev–Trinajstić information content (AvgIpc) is 3.63.